The van der Waals surface area contributed by atoms with Crippen molar-refractivity contribution >= 4 is 23.5 Å². The Morgan fingerprint density at radius 2 is 1.86 bits per heavy atom. The standard InChI is InChI=1S/C20H11F3N4O2/c21-20(22,23)19-25-10-15-13-6-4-12(9-14(13)18(29)17(15)27-19)26-16(28)7-5-11-3-1-2-8-24-11/h1-10H,(H,26,28). The molecular formula is C20H11F3N4O2. The summed E-state index contributed by atoms with van der Waals surface area (Å²) in [6, 6.07) is 9.74. The molecule has 1 N–H and O–H groups in total. The molecule has 2 heterocycles. The van der Waals surface area contributed by atoms with Crippen LogP contribution in [-0.2, 0) is 11.0 Å². The summed E-state index contributed by atoms with van der Waals surface area (Å²) in [6.45, 7) is 0. The van der Waals surface area contributed by atoms with Gasteiger partial charge >= 0.3 is 6.18 Å². The number of nitrogens with one attached hydrogen (secondary N) is 1. The van der Waals surface area contributed by atoms with Crippen LogP contribution in [-0.4, -0.2) is 26.6 Å². The maximum atomic E-state index is 12.8. The third kappa shape index (κ3) is 3.62. The Bertz CT molecular complexity index is 1160. The SMILES string of the molecule is O=C(C=Cc1ccccn1)Nc1ccc2c(c1)C(=O)c1nc(C(F)(F)F)ncc1-2. The molecule has 0 atom stereocenters. The second-order valence-electron chi connectivity index (χ2n) is 6.12. The lowest BCUT2D eigenvalue weighted by Gasteiger charge is -2.06. The molecule has 1 aromatic carbocycles. The highest BCUT2D eigenvalue weighted by atomic mass is 19.4. The van der Waals surface area contributed by atoms with Crippen molar-refractivity contribution in [3.05, 3.63) is 77.6 Å². The van der Waals surface area contributed by atoms with E-state index in [1.54, 1.807) is 30.5 Å². The molecule has 29 heavy (non-hydrogen) atoms. The normalized spacial score (nSPS) is 12.7. The molecule has 144 valence electrons. The fraction of sp³-hybridized carbons (Fsp3) is 0.0500. The first-order valence-electron chi connectivity index (χ1n) is 8.36. The maximum absolute atomic E-state index is 12.8. The Hall–Kier alpha value is -3.88. The number of halogens is 3. The fourth-order valence-corrected chi connectivity index (χ4v) is 2.88. The van der Waals surface area contributed by atoms with Gasteiger partial charge in [-0.15, -0.1) is 0 Å². The van der Waals surface area contributed by atoms with Gasteiger partial charge in [-0.3, -0.25) is 14.6 Å². The van der Waals surface area contributed by atoms with Crippen LogP contribution in [0, 0.1) is 0 Å². The average Bonchev–Trinajstić information content (AvgIpc) is 2.98. The molecule has 0 unspecified atom stereocenters. The van der Waals surface area contributed by atoms with Gasteiger partial charge < -0.3 is 5.32 Å². The summed E-state index contributed by atoms with van der Waals surface area (Å²) >= 11 is 0. The third-order valence-corrected chi connectivity index (χ3v) is 4.17. The number of carbonyl (C=O) groups excluding carboxylic acids is 2. The minimum absolute atomic E-state index is 0.153. The molecule has 0 spiro atoms. The minimum atomic E-state index is -4.75. The van der Waals surface area contributed by atoms with Crippen molar-refractivity contribution in [2.75, 3.05) is 5.32 Å². The van der Waals surface area contributed by atoms with Crippen molar-refractivity contribution in [3.8, 4) is 11.1 Å². The van der Waals surface area contributed by atoms with Crippen LogP contribution in [0.4, 0.5) is 18.9 Å². The Morgan fingerprint density at radius 1 is 1.03 bits per heavy atom. The predicted molar refractivity (Wildman–Crippen MR) is 97.8 cm³/mol. The Balaban J connectivity index is 1.57. The number of carbonyl (C=O) groups is 2. The quantitative estimate of drug-likeness (QED) is 0.533. The Morgan fingerprint density at radius 3 is 2.59 bits per heavy atom. The predicted octanol–water partition coefficient (Wildman–Crippen LogP) is 3.75. The van der Waals surface area contributed by atoms with Gasteiger partial charge in [-0.25, -0.2) is 9.97 Å². The van der Waals surface area contributed by atoms with E-state index in [1.165, 1.54) is 24.3 Å². The molecule has 1 amide bonds. The van der Waals surface area contributed by atoms with E-state index in [2.05, 4.69) is 20.3 Å². The van der Waals surface area contributed by atoms with Crippen molar-refractivity contribution in [3.63, 3.8) is 0 Å². The molecule has 9 heteroatoms. The average molecular weight is 396 g/mol. The van der Waals surface area contributed by atoms with Gasteiger partial charge in [0.15, 0.2) is 0 Å². The number of benzene rings is 1. The second-order valence-corrected chi connectivity index (χ2v) is 6.12. The topological polar surface area (TPSA) is 84.8 Å². The monoisotopic (exact) mass is 396 g/mol. The number of rotatable bonds is 3. The Kier molecular flexibility index (Phi) is 4.42. The first-order valence-corrected chi connectivity index (χ1v) is 8.36. The number of fused-ring (bicyclic) bond motifs is 3. The summed E-state index contributed by atoms with van der Waals surface area (Å²) < 4.78 is 38.5. The number of ketones is 1. The molecule has 1 aliphatic rings. The molecular weight excluding hydrogens is 385 g/mol. The van der Waals surface area contributed by atoms with Gasteiger partial charge in [0.1, 0.15) is 5.69 Å². The van der Waals surface area contributed by atoms with E-state index in [4.69, 9.17) is 0 Å². The lowest BCUT2D eigenvalue weighted by atomic mass is 10.1. The van der Waals surface area contributed by atoms with E-state index >= 15 is 0 Å². The third-order valence-electron chi connectivity index (χ3n) is 4.17. The summed E-state index contributed by atoms with van der Waals surface area (Å²) in [4.78, 5) is 35.4. The van der Waals surface area contributed by atoms with Crippen LogP contribution >= 0.6 is 0 Å². The minimum Gasteiger partial charge on any atom is -0.322 e. The summed E-state index contributed by atoms with van der Waals surface area (Å²) in [5, 5.41) is 2.60. The molecule has 0 saturated heterocycles. The largest absolute Gasteiger partial charge is 0.451 e. The van der Waals surface area contributed by atoms with Crippen molar-refractivity contribution in [2.45, 2.75) is 6.18 Å². The molecule has 0 fully saturated rings. The van der Waals surface area contributed by atoms with Gasteiger partial charge in [0, 0.05) is 35.3 Å². The molecule has 2 aromatic heterocycles. The van der Waals surface area contributed by atoms with Crippen LogP contribution < -0.4 is 5.32 Å². The highest BCUT2D eigenvalue weighted by molar-refractivity contribution is 6.21. The molecule has 0 radical (unpaired) electrons. The number of hydrogen-bond donors (Lipinski definition) is 1. The second kappa shape index (κ2) is 6.93. The van der Waals surface area contributed by atoms with Gasteiger partial charge in [-0.05, 0) is 35.9 Å². The lowest BCUT2D eigenvalue weighted by Crippen LogP contribution is -2.13. The van der Waals surface area contributed by atoms with Crippen molar-refractivity contribution in [1.29, 1.82) is 0 Å². The maximum Gasteiger partial charge on any atom is 0.451 e. The van der Waals surface area contributed by atoms with Crippen LogP contribution in [0.2, 0.25) is 0 Å². The molecule has 6 nitrogen and oxygen atoms in total. The van der Waals surface area contributed by atoms with E-state index in [-0.39, 0.29) is 16.8 Å². The smallest absolute Gasteiger partial charge is 0.322 e. The zero-order valence-electron chi connectivity index (χ0n) is 14.6. The summed E-state index contributed by atoms with van der Waals surface area (Å²) in [7, 11) is 0. The van der Waals surface area contributed by atoms with E-state index < -0.39 is 23.7 Å². The van der Waals surface area contributed by atoms with Crippen LogP contribution in [0.3, 0.4) is 0 Å². The van der Waals surface area contributed by atoms with Crippen molar-refractivity contribution in [2.24, 2.45) is 0 Å². The Labute approximate surface area is 162 Å². The van der Waals surface area contributed by atoms with Gasteiger partial charge in [0.2, 0.25) is 17.5 Å². The number of amides is 1. The lowest BCUT2D eigenvalue weighted by molar-refractivity contribution is -0.145. The van der Waals surface area contributed by atoms with Gasteiger partial charge in [-0.1, -0.05) is 12.1 Å². The molecule has 4 rings (SSSR count). The number of aromatic nitrogens is 3. The summed E-state index contributed by atoms with van der Waals surface area (Å²) in [6.07, 6.45) is 0.644. The van der Waals surface area contributed by atoms with E-state index in [0.29, 0.717) is 16.9 Å². The van der Waals surface area contributed by atoms with Crippen LogP contribution in [0.1, 0.15) is 27.6 Å². The number of nitrogens with zero attached hydrogens (tertiary/aromatic N) is 3. The number of anilines is 1. The first-order chi connectivity index (χ1) is 13.8. The van der Waals surface area contributed by atoms with Crippen LogP contribution in [0.25, 0.3) is 17.2 Å². The van der Waals surface area contributed by atoms with Gasteiger partial charge in [-0.2, -0.15) is 13.2 Å². The van der Waals surface area contributed by atoms with Crippen LogP contribution in [0.15, 0.2) is 54.9 Å². The van der Waals surface area contributed by atoms with E-state index in [1.807, 2.05) is 0 Å². The number of hydrogen-bond acceptors (Lipinski definition) is 5. The molecule has 0 saturated carbocycles. The highest BCUT2D eigenvalue weighted by Crippen LogP contribution is 2.38. The highest BCUT2D eigenvalue weighted by Gasteiger charge is 2.38. The van der Waals surface area contributed by atoms with E-state index in [9.17, 15) is 22.8 Å². The van der Waals surface area contributed by atoms with Crippen LogP contribution in [0.5, 0.6) is 0 Å². The summed E-state index contributed by atoms with van der Waals surface area (Å²) in [5.41, 5.74) is 1.42. The van der Waals surface area contributed by atoms with Crippen molar-refractivity contribution in [1.82, 2.24) is 15.0 Å². The zero-order chi connectivity index (χ0) is 20.6. The fourth-order valence-electron chi connectivity index (χ4n) is 2.88. The number of pyridine rings is 1. The number of alkyl halides is 3. The van der Waals surface area contributed by atoms with Gasteiger partial charge in [0.05, 0.1) is 5.69 Å². The molecule has 0 aliphatic heterocycles. The van der Waals surface area contributed by atoms with Gasteiger partial charge in [0.25, 0.3) is 0 Å². The molecule has 3 aromatic rings. The molecule has 1 aliphatic carbocycles. The first kappa shape index (κ1) is 18.5. The molecule has 0 bridgehead atoms. The zero-order valence-corrected chi connectivity index (χ0v) is 14.6. The van der Waals surface area contributed by atoms with E-state index in [0.717, 1.165) is 6.20 Å². The van der Waals surface area contributed by atoms with Crippen molar-refractivity contribution < 1.29 is 22.8 Å². The summed E-state index contributed by atoms with van der Waals surface area (Å²) in [5.74, 6) is -2.47.